The largest absolute Gasteiger partial charge is 0.352 e. The second kappa shape index (κ2) is 10.3. The fourth-order valence-electron chi connectivity index (χ4n) is 3.56. The fourth-order valence-corrected chi connectivity index (χ4v) is 4.53. The van der Waals surface area contributed by atoms with Gasteiger partial charge in [-0.1, -0.05) is 58.2 Å². The number of hydrogen-bond donors (Lipinski definition) is 2. The number of Topliss-reactive ketones (excluding diaryl/α,β-unsaturated/α-hetero) is 1. The van der Waals surface area contributed by atoms with Gasteiger partial charge in [0.05, 0.1) is 6.04 Å². The molecular weight excluding hydrogens is 376 g/mol. The molecule has 1 aliphatic carbocycles. The van der Waals surface area contributed by atoms with E-state index in [2.05, 4.69) is 15.8 Å². The van der Waals surface area contributed by atoms with Crippen molar-refractivity contribution in [1.82, 2.24) is 15.6 Å². The van der Waals surface area contributed by atoms with Crippen molar-refractivity contribution in [1.29, 1.82) is 0 Å². The first-order valence-electron chi connectivity index (χ1n) is 10.2. The number of thioether (sulfide) groups is 1. The van der Waals surface area contributed by atoms with Gasteiger partial charge in [-0.25, -0.2) is 5.43 Å². The van der Waals surface area contributed by atoms with Gasteiger partial charge in [-0.3, -0.25) is 14.4 Å². The fraction of sp³-hybridized carbons (Fsp3) is 0.800. The second-order valence-corrected chi connectivity index (χ2v) is 10.0. The number of hydrogen-bond acceptors (Lipinski definition) is 5. The highest BCUT2D eigenvalue weighted by atomic mass is 32.2. The lowest BCUT2D eigenvalue weighted by molar-refractivity contribution is -0.141. The van der Waals surface area contributed by atoms with E-state index in [9.17, 15) is 14.4 Å². The lowest BCUT2D eigenvalue weighted by Crippen LogP contribution is -2.50. The summed E-state index contributed by atoms with van der Waals surface area (Å²) in [5, 5.41) is 7.62. The number of carbonyl (C=O) groups excluding carboxylic acids is 3. The summed E-state index contributed by atoms with van der Waals surface area (Å²) in [6.07, 6.45) is 6.51. The lowest BCUT2D eigenvalue weighted by atomic mass is 9.86. The number of amidine groups is 1. The maximum absolute atomic E-state index is 12.8. The van der Waals surface area contributed by atoms with Gasteiger partial charge in [0.2, 0.25) is 11.7 Å². The zero-order valence-electron chi connectivity index (χ0n) is 17.5. The molecule has 2 amide bonds. The maximum Gasteiger partial charge on any atom is 0.309 e. The zero-order valence-corrected chi connectivity index (χ0v) is 18.4. The van der Waals surface area contributed by atoms with Crippen LogP contribution in [0.3, 0.4) is 0 Å². The summed E-state index contributed by atoms with van der Waals surface area (Å²) in [6.45, 7) is 6.84. The average molecular weight is 411 g/mol. The Labute approximate surface area is 172 Å². The zero-order chi connectivity index (χ0) is 20.7. The van der Waals surface area contributed by atoms with Crippen LogP contribution in [-0.4, -0.2) is 53.1 Å². The van der Waals surface area contributed by atoms with E-state index in [-0.39, 0.29) is 17.2 Å². The minimum Gasteiger partial charge on any atom is -0.352 e. The normalized spacial score (nSPS) is 21.3. The molecule has 2 rings (SSSR count). The van der Waals surface area contributed by atoms with Gasteiger partial charge in [0.1, 0.15) is 0 Å². The molecule has 28 heavy (non-hydrogen) atoms. The van der Waals surface area contributed by atoms with E-state index in [1.165, 1.54) is 11.8 Å². The van der Waals surface area contributed by atoms with Crippen LogP contribution < -0.4 is 10.7 Å². The van der Waals surface area contributed by atoms with Crippen LogP contribution in [0.4, 0.5) is 0 Å². The van der Waals surface area contributed by atoms with Gasteiger partial charge in [-0.05, 0) is 24.7 Å². The first-order valence-corrected chi connectivity index (χ1v) is 11.2. The van der Waals surface area contributed by atoms with Crippen LogP contribution in [0.25, 0.3) is 0 Å². The molecule has 7 nitrogen and oxygen atoms in total. The van der Waals surface area contributed by atoms with Gasteiger partial charge in [0, 0.05) is 25.3 Å². The topological polar surface area (TPSA) is 90.9 Å². The van der Waals surface area contributed by atoms with Crippen LogP contribution in [0.5, 0.6) is 0 Å². The molecule has 1 saturated carbocycles. The molecule has 0 aromatic heterocycles. The average Bonchev–Trinajstić information content (AvgIpc) is 2.85. The molecule has 158 valence electrons. The van der Waals surface area contributed by atoms with E-state index < -0.39 is 17.7 Å². The molecule has 2 aliphatic rings. The van der Waals surface area contributed by atoms with Crippen LogP contribution in [0.2, 0.25) is 0 Å². The molecule has 0 unspecified atom stereocenters. The van der Waals surface area contributed by atoms with Gasteiger partial charge in [0.15, 0.2) is 5.17 Å². The van der Waals surface area contributed by atoms with E-state index in [1.807, 2.05) is 32.7 Å². The smallest absolute Gasteiger partial charge is 0.309 e. The van der Waals surface area contributed by atoms with Crippen molar-refractivity contribution < 1.29 is 14.4 Å². The number of rotatable bonds is 6. The van der Waals surface area contributed by atoms with Gasteiger partial charge in [0.25, 0.3) is 0 Å². The van der Waals surface area contributed by atoms with Crippen LogP contribution >= 0.6 is 11.8 Å². The van der Waals surface area contributed by atoms with Gasteiger partial charge >= 0.3 is 5.91 Å². The third kappa shape index (κ3) is 7.11. The number of hydrazone groups is 1. The highest BCUT2D eigenvalue weighted by molar-refractivity contribution is 8.14. The summed E-state index contributed by atoms with van der Waals surface area (Å²) in [5.74, 6) is -0.668. The molecule has 1 atom stereocenters. The molecule has 0 spiro atoms. The Kier molecular flexibility index (Phi) is 8.34. The highest BCUT2D eigenvalue weighted by Crippen LogP contribution is 2.25. The summed E-state index contributed by atoms with van der Waals surface area (Å²) in [5.41, 5.74) is 2.17. The molecule has 1 aliphatic heterocycles. The van der Waals surface area contributed by atoms with Crippen LogP contribution in [-0.2, 0) is 14.4 Å². The number of nitrogens with zero attached hydrogens (tertiary/aromatic N) is 2. The molecule has 1 saturated heterocycles. The van der Waals surface area contributed by atoms with E-state index in [0.29, 0.717) is 11.6 Å². The van der Waals surface area contributed by atoms with Crippen molar-refractivity contribution in [2.24, 2.45) is 16.4 Å². The monoisotopic (exact) mass is 410 g/mol. The summed E-state index contributed by atoms with van der Waals surface area (Å²) in [6, 6.07) is -0.829. The Morgan fingerprint density at radius 1 is 1.18 bits per heavy atom. The molecular formula is C20H34N4O3S. The summed E-state index contributed by atoms with van der Waals surface area (Å²) < 4.78 is 0. The van der Waals surface area contributed by atoms with Crippen molar-refractivity contribution >= 4 is 34.5 Å². The maximum atomic E-state index is 12.8. The van der Waals surface area contributed by atoms with Crippen molar-refractivity contribution in [2.75, 3.05) is 19.3 Å². The number of nitrogens with one attached hydrogen (secondary N) is 2. The molecule has 1 heterocycles. The molecule has 0 radical (unpaired) electrons. The lowest BCUT2D eigenvalue weighted by Gasteiger charge is -2.27. The standard InChI is InChI=1S/C20H34N4O3S/c1-20(2,3)13-15(21-17(26)14-9-7-5-6-8-10-14)16(25)18(27)22-23-19-24(4)11-12-28-19/h14-15H,5-13H2,1-4H3,(H,21,26)(H,22,27)/b23-19-/t15-/m0/s1. The first-order chi connectivity index (χ1) is 13.2. The third-order valence-electron chi connectivity index (χ3n) is 5.14. The number of ketones is 1. The van der Waals surface area contributed by atoms with Gasteiger partial charge in [-0.2, -0.15) is 0 Å². The SMILES string of the molecule is CN1CCS/C1=N\NC(=O)C(=O)[C@H](CC(C)(C)C)NC(=O)C1CCCCCC1. The van der Waals surface area contributed by atoms with Crippen molar-refractivity contribution in [3.63, 3.8) is 0 Å². The van der Waals surface area contributed by atoms with Crippen molar-refractivity contribution in [3.05, 3.63) is 0 Å². The van der Waals surface area contributed by atoms with Crippen LogP contribution in [0.15, 0.2) is 5.10 Å². The van der Waals surface area contributed by atoms with Crippen LogP contribution in [0, 0.1) is 11.3 Å². The Hall–Kier alpha value is -1.57. The summed E-state index contributed by atoms with van der Waals surface area (Å²) in [4.78, 5) is 39.9. The molecule has 0 aromatic rings. The molecule has 2 fully saturated rings. The first kappa shape index (κ1) is 22.7. The number of carbonyl (C=O) groups is 3. The predicted molar refractivity (Wildman–Crippen MR) is 113 cm³/mol. The summed E-state index contributed by atoms with van der Waals surface area (Å²) >= 11 is 1.53. The molecule has 8 heteroatoms. The Balaban J connectivity index is 2.02. The Morgan fingerprint density at radius 2 is 1.82 bits per heavy atom. The minimum absolute atomic E-state index is 0.0652. The highest BCUT2D eigenvalue weighted by Gasteiger charge is 2.33. The Morgan fingerprint density at radius 3 is 2.36 bits per heavy atom. The van der Waals surface area contributed by atoms with E-state index in [4.69, 9.17) is 0 Å². The Bertz CT molecular complexity index is 607. The van der Waals surface area contributed by atoms with Crippen molar-refractivity contribution in [3.8, 4) is 0 Å². The van der Waals surface area contributed by atoms with Crippen molar-refractivity contribution in [2.45, 2.75) is 71.8 Å². The summed E-state index contributed by atoms with van der Waals surface area (Å²) in [7, 11) is 1.89. The predicted octanol–water partition coefficient (Wildman–Crippen LogP) is 2.51. The molecule has 2 N–H and O–H groups in total. The van der Waals surface area contributed by atoms with Crippen LogP contribution in [0.1, 0.15) is 65.7 Å². The van der Waals surface area contributed by atoms with E-state index in [1.54, 1.807) is 0 Å². The quantitative estimate of drug-likeness (QED) is 0.399. The molecule has 0 aromatic carbocycles. The van der Waals surface area contributed by atoms with E-state index >= 15 is 0 Å². The van der Waals surface area contributed by atoms with Gasteiger partial charge < -0.3 is 10.2 Å². The minimum atomic E-state index is -0.829. The van der Waals surface area contributed by atoms with E-state index in [0.717, 1.165) is 50.8 Å². The molecule has 0 bridgehead atoms. The third-order valence-corrected chi connectivity index (χ3v) is 6.18. The number of amides is 2. The second-order valence-electron chi connectivity index (χ2n) is 8.98. The van der Waals surface area contributed by atoms with Gasteiger partial charge in [-0.15, -0.1) is 5.10 Å².